The maximum atomic E-state index is 12.4. The Labute approximate surface area is 196 Å². The zero-order valence-electron chi connectivity index (χ0n) is 20.0. The van der Waals surface area contributed by atoms with Gasteiger partial charge in [0, 0.05) is 18.7 Å². The molecule has 190 valence electrons. The summed E-state index contributed by atoms with van der Waals surface area (Å²) in [7, 11) is 0.0154. The molecule has 2 N–H and O–H groups in total. The number of unbranched alkanes of at least 4 members (excludes halogenated alkanes) is 3. The number of ether oxygens (including phenoxy) is 2. The van der Waals surface area contributed by atoms with Gasteiger partial charge in [0.1, 0.15) is 17.6 Å². The van der Waals surface area contributed by atoms with Gasteiger partial charge in [-0.1, -0.05) is 32.3 Å². The molecule has 0 heterocycles. The quantitative estimate of drug-likeness (QED) is 0.138. The van der Waals surface area contributed by atoms with Crippen LogP contribution in [0.15, 0.2) is 24.3 Å². The molecule has 0 aliphatic carbocycles. The molecule has 0 saturated heterocycles. The molecule has 0 fully saturated rings. The summed E-state index contributed by atoms with van der Waals surface area (Å²) in [5.41, 5.74) is 0. The topological polar surface area (TPSA) is 135 Å². The average molecular weight is 492 g/mol. The lowest BCUT2D eigenvalue weighted by molar-refractivity contribution is -0.973. The van der Waals surface area contributed by atoms with Crippen LogP contribution in [0.4, 0.5) is 0 Å². The third-order valence-corrected chi connectivity index (χ3v) is 5.66. The monoisotopic (exact) mass is 491 g/mol. The predicted octanol–water partition coefficient (Wildman–Crippen LogP) is 2.78. The highest BCUT2D eigenvalue weighted by Gasteiger charge is 2.34. The lowest BCUT2D eigenvalue weighted by Crippen LogP contribution is -2.60. The number of carboxylic acid groups (broad SMARTS) is 1. The Kier molecular flexibility index (Phi) is 12.9. The Morgan fingerprint density at radius 2 is 1.67 bits per heavy atom. The summed E-state index contributed by atoms with van der Waals surface area (Å²) in [4.78, 5) is 20.9. The Morgan fingerprint density at radius 1 is 1.06 bits per heavy atom. The largest absolute Gasteiger partial charge is 0.804 e. The van der Waals surface area contributed by atoms with Crippen LogP contribution in [0.25, 0.3) is 0 Å². The van der Waals surface area contributed by atoms with Gasteiger partial charge in [0.05, 0.1) is 47.4 Å². The maximum absolute atomic E-state index is 12.4. The molecule has 0 aliphatic heterocycles. The van der Waals surface area contributed by atoms with Crippen molar-refractivity contribution in [2.45, 2.75) is 57.8 Å². The molecule has 0 radical (unpaired) electrons. The third kappa shape index (κ3) is 13.0. The van der Waals surface area contributed by atoms with E-state index in [2.05, 4.69) is 6.92 Å². The summed E-state index contributed by atoms with van der Waals surface area (Å²) in [6.07, 6.45) is 0.931. The molecular weight excluding hydrogens is 453 g/mol. The number of carboxylic acids is 1. The van der Waals surface area contributed by atoms with Gasteiger partial charge < -0.3 is 29.1 Å². The van der Waals surface area contributed by atoms with E-state index in [9.17, 15) is 19.4 Å². The molecule has 1 aromatic carbocycles. The first kappa shape index (κ1) is 29.4. The second-order valence-electron chi connectivity index (χ2n) is 8.64. The minimum absolute atomic E-state index is 0.172. The van der Waals surface area contributed by atoms with E-state index < -0.39 is 32.5 Å². The number of likely N-dealkylation sites (N-methyl/N-ethyl adjacent to an activating group) is 1. The number of rotatable bonds is 18. The summed E-state index contributed by atoms with van der Waals surface area (Å²) < 4.78 is 33.1. The molecule has 0 amide bonds. The van der Waals surface area contributed by atoms with Gasteiger partial charge in [0.25, 0.3) is 0 Å². The Morgan fingerprint density at radius 3 is 2.21 bits per heavy atom. The minimum atomic E-state index is -4.62. The number of nitrogens with zero attached hydrogens (tertiary/aromatic N) is 1. The van der Waals surface area contributed by atoms with Crippen molar-refractivity contribution in [3.63, 3.8) is 0 Å². The van der Waals surface area contributed by atoms with E-state index in [1.165, 1.54) is 12.8 Å². The summed E-state index contributed by atoms with van der Waals surface area (Å²) in [5.74, 6) is 0.000390. The highest BCUT2D eigenvalue weighted by Crippen LogP contribution is 2.45. The second kappa shape index (κ2) is 14.6. The van der Waals surface area contributed by atoms with Crippen LogP contribution in [0, 0.1) is 0 Å². The van der Waals surface area contributed by atoms with Gasteiger partial charge >= 0.3 is 13.8 Å². The van der Waals surface area contributed by atoms with Crippen molar-refractivity contribution < 1.29 is 47.5 Å². The number of carbonyl (C=O) groups is 1. The number of quaternary nitrogens is 1. The van der Waals surface area contributed by atoms with Crippen LogP contribution in [0.2, 0.25) is 0 Å². The first-order valence-electron chi connectivity index (χ1n) is 11.1. The van der Waals surface area contributed by atoms with Gasteiger partial charge in [-0.05, 0) is 18.6 Å². The van der Waals surface area contributed by atoms with E-state index in [-0.39, 0.29) is 24.1 Å². The third-order valence-electron chi connectivity index (χ3n) is 4.61. The zero-order valence-corrected chi connectivity index (χ0v) is 20.9. The Hall–Kier alpha value is -1.68. The highest BCUT2D eigenvalue weighted by atomic mass is 31.2. The first-order valence-corrected chi connectivity index (χ1v) is 12.6. The van der Waals surface area contributed by atoms with Crippen molar-refractivity contribution in [2.24, 2.45) is 0 Å². The fourth-order valence-corrected chi connectivity index (χ4v) is 3.81. The van der Waals surface area contributed by atoms with Gasteiger partial charge in [-0.15, -0.1) is 0 Å². The van der Waals surface area contributed by atoms with E-state index in [4.69, 9.17) is 23.6 Å². The first-order chi connectivity index (χ1) is 15.4. The molecule has 0 bridgehead atoms. The van der Waals surface area contributed by atoms with Crippen molar-refractivity contribution in [1.82, 2.24) is 0 Å². The number of phosphoric ester groups is 1. The molecule has 0 aliphatic rings. The van der Waals surface area contributed by atoms with Crippen LogP contribution >= 0.6 is 7.82 Å². The van der Waals surface area contributed by atoms with E-state index in [0.717, 1.165) is 12.8 Å². The highest BCUT2D eigenvalue weighted by molar-refractivity contribution is 7.47. The standard InChI is InChI=1S/C22H38NO9P/c1-5-6-7-8-13-29-18-11-9-12-19(16-18)30-14-10-15-31-33(27,28)32-20(17-21(24)25)22(26)23(2,3)4/h9,11-12,16,20,22H,5-8,10,13-15,17H2,1-4H3,(H,24,25)(H,27,28)/t20-,22?/m1/s1. The summed E-state index contributed by atoms with van der Waals surface area (Å²) in [5, 5.41) is 21.4. The van der Waals surface area contributed by atoms with Crippen molar-refractivity contribution in [2.75, 3.05) is 41.0 Å². The number of aliphatic carboxylic acids is 1. The summed E-state index contributed by atoms with van der Waals surface area (Å²) in [6.45, 7) is 2.84. The number of phosphoric acid groups is 1. The van der Waals surface area contributed by atoms with Crippen LogP contribution in [-0.4, -0.2) is 73.7 Å². The molecule has 3 atom stereocenters. The van der Waals surface area contributed by atoms with E-state index in [1.54, 1.807) is 33.3 Å². The maximum Gasteiger partial charge on any atom is 0.472 e. The fourth-order valence-electron chi connectivity index (χ4n) is 2.86. The van der Waals surface area contributed by atoms with E-state index in [1.807, 2.05) is 12.1 Å². The van der Waals surface area contributed by atoms with E-state index in [0.29, 0.717) is 18.1 Å². The van der Waals surface area contributed by atoms with E-state index >= 15 is 0 Å². The van der Waals surface area contributed by atoms with Gasteiger partial charge in [0.2, 0.25) is 0 Å². The van der Waals surface area contributed by atoms with Gasteiger partial charge in [-0.25, -0.2) is 4.57 Å². The molecule has 33 heavy (non-hydrogen) atoms. The molecular formula is C22H38NO9P. The molecule has 10 nitrogen and oxygen atoms in total. The molecule has 0 saturated carbocycles. The number of hydrogen-bond donors (Lipinski definition) is 2. The molecule has 11 heteroatoms. The van der Waals surface area contributed by atoms with Gasteiger partial charge in [-0.3, -0.25) is 13.8 Å². The van der Waals surface area contributed by atoms with Gasteiger partial charge in [0.15, 0.2) is 0 Å². The Bertz CT molecular complexity index is 754. The molecule has 1 aromatic rings. The lowest BCUT2D eigenvalue weighted by atomic mass is 10.2. The van der Waals surface area contributed by atoms with Crippen LogP contribution in [0.5, 0.6) is 11.5 Å². The van der Waals surface area contributed by atoms with Crippen molar-refractivity contribution in [3.05, 3.63) is 24.3 Å². The molecule has 2 unspecified atom stereocenters. The van der Waals surface area contributed by atoms with Crippen molar-refractivity contribution in [1.29, 1.82) is 0 Å². The number of hydrogen-bond acceptors (Lipinski definition) is 7. The SMILES string of the molecule is CCCCCCOc1cccc(OCCCOP(=O)(O)O[C@H](CC(=O)O)C([O-])[N+](C)(C)C)c1. The Balaban J connectivity index is 2.43. The van der Waals surface area contributed by atoms with Crippen LogP contribution in [0.1, 0.15) is 45.4 Å². The second-order valence-corrected chi connectivity index (χ2v) is 10.0. The smallest absolute Gasteiger partial charge is 0.472 e. The minimum Gasteiger partial charge on any atom is -0.804 e. The summed E-state index contributed by atoms with van der Waals surface area (Å²) in [6, 6.07) is 7.22. The van der Waals surface area contributed by atoms with Crippen LogP contribution in [-0.2, 0) is 18.4 Å². The normalized spacial score (nSPS) is 15.5. The lowest BCUT2D eigenvalue weighted by Gasteiger charge is -2.42. The predicted molar refractivity (Wildman–Crippen MR) is 121 cm³/mol. The van der Waals surface area contributed by atoms with Crippen molar-refractivity contribution >= 4 is 13.8 Å². The molecule has 0 spiro atoms. The average Bonchev–Trinajstić information content (AvgIpc) is 2.71. The molecule has 0 aromatic heterocycles. The van der Waals surface area contributed by atoms with Crippen LogP contribution < -0.4 is 14.6 Å². The molecule has 1 rings (SSSR count). The zero-order chi connectivity index (χ0) is 24.9. The number of benzene rings is 1. The van der Waals surface area contributed by atoms with Crippen molar-refractivity contribution in [3.8, 4) is 11.5 Å². The van der Waals surface area contributed by atoms with Gasteiger partial charge in [-0.2, -0.15) is 0 Å². The van der Waals surface area contributed by atoms with Crippen LogP contribution in [0.3, 0.4) is 0 Å². The summed E-state index contributed by atoms with van der Waals surface area (Å²) >= 11 is 0. The fraction of sp³-hybridized carbons (Fsp3) is 0.682.